The molecule has 0 aliphatic heterocycles. The third kappa shape index (κ3) is 2.92. The Morgan fingerprint density at radius 2 is 2.05 bits per heavy atom. The van der Waals surface area contributed by atoms with Crippen LogP contribution in [0, 0.1) is 5.82 Å². The van der Waals surface area contributed by atoms with Crippen LogP contribution in [0.5, 0.6) is 0 Å². The highest BCUT2D eigenvalue weighted by Gasteiger charge is 2.08. The number of hydrogen-bond donors (Lipinski definition) is 1. The van der Waals surface area contributed by atoms with Crippen molar-refractivity contribution in [2.45, 2.75) is 13.1 Å². The van der Waals surface area contributed by atoms with E-state index in [2.05, 4.69) is 5.32 Å². The lowest BCUT2D eigenvalue weighted by Crippen LogP contribution is -2.31. The molecule has 0 bridgehead atoms. The number of carbonyl (C=O) groups excluding carboxylic acids is 1. The number of nitrogens with one attached hydrogen (secondary N) is 1. The Kier molecular flexibility index (Phi) is 4.02. The number of aromatic nitrogens is 1. The molecular formula is C16H13FN2O2S. The number of halogens is 1. The molecule has 22 heavy (non-hydrogen) atoms. The lowest BCUT2D eigenvalue weighted by Gasteiger charge is -2.08. The predicted molar refractivity (Wildman–Crippen MR) is 84.3 cm³/mol. The van der Waals surface area contributed by atoms with Crippen molar-refractivity contribution >= 4 is 27.3 Å². The van der Waals surface area contributed by atoms with Crippen molar-refractivity contribution in [1.29, 1.82) is 0 Å². The quantitative estimate of drug-likeness (QED) is 0.804. The van der Waals surface area contributed by atoms with Crippen LogP contribution in [0.15, 0.2) is 52.8 Å². The lowest BCUT2D eigenvalue weighted by molar-refractivity contribution is -0.121. The van der Waals surface area contributed by atoms with E-state index in [1.807, 2.05) is 11.4 Å². The Morgan fingerprint density at radius 1 is 1.23 bits per heavy atom. The van der Waals surface area contributed by atoms with Crippen LogP contribution in [0.2, 0.25) is 0 Å². The second-order valence-corrected chi connectivity index (χ2v) is 5.76. The molecule has 0 saturated carbocycles. The van der Waals surface area contributed by atoms with Gasteiger partial charge in [-0.25, -0.2) is 4.39 Å². The summed E-state index contributed by atoms with van der Waals surface area (Å²) >= 11 is 1.48. The fraction of sp³-hybridized carbons (Fsp3) is 0.125. The minimum atomic E-state index is -0.361. The fourth-order valence-electron chi connectivity index (χ4n) is 2.18. The van der Waals surface area contributed by atoms with E-state index in [1.54, 1.807) is 30.5 Å². The summed E-state index contributed by atoms with van der Waals surface area (Å²) < 4.78 is 15.7. The van der Waals surface area contributed by atoms with E-state index >= 15 is 0 Å². The average Bonchev–Trinajstić information content (AvgIpc) is 2.99. The molecule has 0 atom stereocenters. The highest BCUT2D eigenvalue weighted by atomic mass is 32.1. The molecule has 6 heteroatoms. The molecule has 4 nitrogen and oxygen atoms in total. The summed E-state index contributed by atoms with van der Waals surface area (Å²) in [6, 6.07) is 9.81. The summed E-state index contributed by atoms with van der Waals surface area (Å²) in [7, 11) is 0. The maximum absolute atomic E-state index is 13.5. The van der Waals surface area contributed by atoms with Crippen LogP contribution in [-0.2, 0) is 17.9 Å². The van der Waals surface area contributed by atoms with Gasteiger partial charge in [0.25, 0.3) is 5.56 Å². The Bertz CT molecular complexity index is 885. The monoisotopic (exact) mass is 316 g/mol. The molecule has 0 aliphatic carbocycles. The number of benzene rings is 1. The van der Waals surface area contributed by atoms with Gasteiger partial charge in [-0.3, -0.25) is 9.59 Å². The molecule has 0 aliphatic rings. The molecule has 112 valence electrons. The SMILES string of the molecule is O=C(Cn1ccc2sccc2c1=O)NCc1ccccc1F. The van der Waals surface area contributed by atoms with E-state index in [-0.39, 0.29) is 30.4 Å². The van der Waals surface area contributed by atoms with Gasteiger partial charge in [0.15, 0.2) is 0 Å². The third-order valence-corrected chi connectivity index (χ3v) is 4.22. The fourth-order valence-corrected chi connectivity index (χ4v) is 2.95. The van der Waals surface area contributed by atoms with Gasteiger partial charge >= 0.3 is 0 Å². The van der Waals surface area contributed by atoms with Crippen molar-refractivity contribution in [3.8, 4) is 0 Å². The van der Waals surface area contributed by atoms with Crippen molar-refractivity contribution in [2.24, 2.45) is 0 Å². The van der Waals surface area contributed by atoms with Gasteiger partial charge in [0.1, 0.15) is 12.4 Å². The third-order valence-electron chi connectivity index (χ3n) is 3.34. The number of thiophene rings is 1. The highest BCUT2D eigenvalue weighted by Crippen LogP contribution is 2.16. The van der Waals surface area contributed by atoms with Crippen molar-refractivity contribution in [3.63, 3.8) is 0 Å². The predicted octanol–water partition coefficient (Wildman–Crippen LogP) is 2.52. The standard InChI is InChI=1S/C16H13FN2O2S/c17-13-4-2-1-3-11(13)9-18-15(20)10-19-7-5-14-12(16(19)21)6-8-22-14/h1-8H,9-10H2,(H,18,20). The van der Waals surface area contributed by atoms with Crippen LogP contribution >= 0.6 is 11.3 Å². The normalized spacial score (nSPS) is 10.8. The van der Waals surface area contributed by atoms with Gasteiger partial charge < -0.3 is 9.88 Å². The van der Waals surface area contributed by atoms with Gasteiger partial charge in [-0.15, -0.1) is 11.3 Å². The van der Waals surface area contributed by atoms with Crippen molar-refractivity contribution in [3.05, 3.63) is 69.7 Å². The zero-order valence-corrected chi connectivity index (χ0v) is 12.4. The molecule has 3 rings (SSSR count). The van der Waals surface area contributed by atoms with Crippen molar-refractivity contribution in [2.75, 3.05) is 0 Å². The van der Waals surface area contributed by atoms with E-state index in [0.29, 0.717) is 10.9 Å². The average molecular weight is 316 g/mol. The van der Waals surface area contributed by atoms with Gasteiger partial charge in [-0.05, 0) is 23.6 Å². The molecule has 0 saturated heterocycles. The summed E-state index contributed by atoms with van der Waals surface area (Å²) in [5, 5.41) is 5.07. The highest BCUT2D eigenvalue weighted by molar-refractivity contribution is 7.17. The van der Waals surface area contributed by atoms with Crippen LogP contribution in [0.4, 0.5) is 4.39 Å². The number of amides is 1. The molecule has 1 amide bonds. The minimum Gasteiger partial charge on any atom is -0.350 e. The van der Waals surface area contributed by atoms with E-state index in [9.17, 15) is 14.0 Å². The van der Waals surface area contributed by atoms with Gasteiger partial charge in [-0.1, -0.05) is 18.2 Å². The number of fused-ring (bicyclic) bond motifs is 1. The number of pyridine rings is 1. The molecule has 2 aromatic heterocycles. The van der Waals surface area contributed by atoms with Crippen molar-refractivity contribution < 1.29 is 9.18 Å². The Balaban J connectivity index is 1.70. The number of nitrogens with zero attached hydrogens (tertiary/aromatic N) is 1. The van der Waals surface area contributed by atoms with Gasteiger partial charge in [0, 0.05) is 23.0 Å². The molecular weight excluding hydrogens is 303 g/mol. The zero-order valence-electron chi connectivity index (χ0n) is 11.6. The second-order valence-electron chi connectivity index (χ2n) is 4.82. The topological polar surface area (TPSA) is 51.1 Å². The minimum absolute atomic E-state index is 0.0843. The first-order chi connectivity index (χ1) is 10.6. The van der Waals surface area contributed by atoms with E-state index in [0.717, 1.165) is 4.70 Å². The Hall–Kier alpha value is -2.47. The molecule has 1 aromatic carbocycles. The first kappa shape index (κ1) is 14.5. The zero-order chi connectivity index (χ0) is 15.5. The second kappa shape index (κ2) is 6.11. The lowest BCUT2D eigenvalue weighted by atomic mass is 10.2. The van der Waals surface area contributed by atoms with E-state index in [4.69, 9.17) is 0 Å². The van der Waals surface area contributed by atoms with Crippen LogP contribution in [0.25, 0.3) is 10.1 Å². The Morgan fingerprint density at radius 3 is 2.86 bits per heavy atom. The first-order valence-electron chi connectivity index (χ1n) is 6.72. The maximum atomic E-state index is 13.5. The molecule has 2 heterocycles. The molecule has 0 fully saturated rings. The van der Waals surface area contributed by atoms with Crippen LogP contribution < -0.4 is 10.9 Å². The number of hydrogen-bond acceptors (Lipinski definition) is 3. The number of rotatable bonds is 4. The van der Waals surface area contributed by atoms with Gasteiger partial charge in [-0.2, -0.15) is 0 Å². The van der Waals surface area contributed by atoms with Crippen LogP contribution in [0.1, 0.15) is 5.56 Å². The summed E-state index contributed by atoms with van der Waals surface area (Å²) in [4.78, 5) is 24.1. The molecule has 0 spiro atoms. The maximum Gasteiger partial charge on any atom is 0.259 e. The molecule has 1 N–H and O–H groups in total. The molecule has 3 aromatic rings. The molecule has 0 unspecified atom stereocenters. The van der Waals surface area contributed by atoms with Crippen molar-refractivity contribution in [1.82, 2.24) is 9.88 Å². The summed E-state index contributed by atoms with van der Waals surface area (Å²) in [6.07, 6.45) is 1.60. The summed E-state index contributed by atoms with van der Waals surface area (Å²) in [5.74, 6) is -0.695. The van der Waals surface area contributed by atoms with Crippen LogP contribution in [-0.4, -0.2) is 10.5 Å². The number of carbonyl (C=O) groups is 1. The largest absolute Gasteiger partial charge is 0.350 e. The first-order valence-corrected chi connectivity index (χ1v) is 7.60. The van der Waals surface area contributed by atoms with E-state index in [1.165, 1.54) is 22.0 Å². The summed E-state index contributed by atoms with van der Waals surface area (Å²) in [6.45, 7) is 0.0139. The summed E-state index contributed by atoms with van der Waals surface area (Å²) in [5.41, 5.74) is 0.219. The van der Waals surface area contributed by atoms with E-state index < -0.39 is 0 Å². The molecule has 0 radical (unpaired) electrons. The van der Waals surface area contributed by atoms with Gasteiger partial charge in [0.2, 0.25) is 5.91 Å². The van der Waals surface area contributed by atoms with Gasteiger partial charge in [0.05, 0.1) is 5.39 Å². The smallest absolute Gasteiger partial charge is 0.259 e. The Labute approximate surface area is 129 Å². The van der Waals surface area contributed by atoms with Crippen LogP contribution in [0.3, 0.4) is 0 Å².